The number of rotatable bonds is 7. The molecule has 0 amide bonds. The van der Waals surface area contributed by atoms with E-state index in [0.29, 0.717) is 16.5 Å². The molecule has 0 aromatic heterocycles. The Morgan fingerprint density at radius 1 is 1.39 bits per heavy atom. The maximum atomic E-state index is 9.04. The summed E-state index contributed by atoms with van der Waals surface area (Å²) < 4.78 is 0. The van der Waals surface area contributed by atoms with Crippen molar-refractivity contribution in [3.05, 3.63) is 28.8 Å². The van der Waals surface area contributed by atoms with E-state index in [1.807, 2.05) is 6.07 Å². The molecule has 0 bridgehead atoms. The molecule has 0 aliphatic heterocycles. The van der Waals surface area contributed by atoms with Crippen LogP contribution in [0.25, 0.3) is 0 Å². The van der Waals surface area contributed by atoms with Gasteiger partial charge in [0.25, 0.3) is 0 Å². The van der Waals surface area contributed by atoms with Crippen LogP contribution < -0.4 is 5.32 Å². The van der Waals surface area contributed by atoms with Gasteiger partial charge in [-0.2, -0.15) is 5.26 Å². The molecular formula is C15H21ClN2. The highest BCUT2D eigenvalue weighted by Gasteiger charge is 2.08. The minimum absolute atomic E-state index is 0.657. The summed E-state index contributed by atoms with van der Waals surface area (Å²) in [4.78, 5) is 0. The van der Waals surface area contributed by atoms with Crippen molar-refractivity contribution in [2.24, 2.45) is 5.92 Å². The minimum atomic E-state index is 0.657. The van der Waals surface area contributed by atoms with E-state index in [2.05, 4.69) is 25.2 Å². The zero-order valence-electron chi connectivity index (χ0n) is 11.2. The number of nitrogens with zero attached hydrogens (tertiary/aromatic N) is 1. The standard InChI is InChI=1S/C15H21ClN2/c1-3-5-6-12(4-2)11-18-15-9-14(16)8-7-13(15)10-17/h7-9,12,18H,3-6,11H2,1-2H3. The normalized spacial score (nSPS) is 11.9. The fourth-order valence-electron chi connectivity index (χ4n) is 1.96. The molecule has 0 aliphatic carbocycles. The van der Waals surface area contributed by atoms with Gasteiger partial charge in [-0.05, 0) is 30.5 Å². The third-order valence-electron chi connectivity index (χ3n) is 3.23. The molecule has 0 heterocycles. The van der Waals surface area contributed by atoms with Gasteiger partial charge in [-0.15, -0.1) is 0 Å². The van der Waals surface area contributed by atoms with Crippen LogP contribution >= 0.6 is 11.6 Å². The Kier molecular flexibility index (Phi) is 6.60. The average Bonchev–Trinajstić information content (AvgIpc) is 2.39. The Hall–Kier alpha value is -1.20. The maximum absolute atomic E-state index is 9.04. The van der Waals surface area contributed by atoms with E-state index in [-0.39, 0.29) is 0 Å². The lowest BCUT2D eigenvalue weighted by Crippen LogP contribution is -2.14. The van der Waals surface area contributed by atoms with Crippen molar-refractivity contribution in [2.45, 2.75) is 39.5 Å². The molecule has 98 valence electrons. The van der Waals surface area contributed by atoms with Crippen molar-refractivity contribution in [2.75, 3.05) is 11.9 Å². The third kappa shape index (κ3) is 4.58. The Bertz CT molecular complexity index is 409. The molecule has 0 saturated heterocycles. The largest absolute Gasteiger partial charge is 0.384 e. The maximum Gasteiger partial charge on any atom is 0.101 e. The molecule has 1 N–H and O–H groups in total. The van der Waals surface area contributed by atoms with Crippen LogP contribution in [0.5, 0.6) is 0 Å². The number of benzene rings is 1. The van der Waals surface area contributed by atoms with Gasteiger partial charge in [0, 0.05) is 11.6 Å². The fraction of sp³-hybridized carbons (Fsp3) is 0.533. The van der Waals surface area contributed by atoms with Gasteiger partial charge in [-0.25, -0.2) is 0 Å². The number of halogens is 1. The third-order valence-corrected chi connectivity index (χ3v) is 3.46. The second-order valence-corrected chi connectivity index (χ2v) is 5.04. The summed E-state index contributed by atoms with van der Waals surface area (Å²) in [6, 6.07) is 7.52. The van der Waals surface area contributed by atoms with Crippen molar-refractivity contribution in [1.82, 2.24) is 0 Å². The summed E-state index contributed by atoms with van der Waals surface area (Å²) in [5.74, 6) is 0.662. The number of hydrogen-bond donors (Lipinski definition) is 1. The monoisotopic (exact) mass is 264 g/mol. The van der Waals surface area contributed by atoms with Crippen molar-refractivity contribution in [3.8, 4) is 6.07 Å². The SMILES string of the molecule is CCCCC(CC)CNc1cc(Cl)ccc1C#N. The Balaban J connectivity index is 2.61. The first-order chi connectivity index (χ1) is 8.71. The van der Waals surface area contributed by atoms with Crippen LogP contribution in [0.3, 0.4) is 0 Å². The summed E-state index contributed by atoms with van der Waals surface area (Å²) in [5, 5.41) is 13.1. The van der Waals surface area contributed by atoms with Crippen molar-refractivity contribution < 1.29 is 0 Å². The summed E-state index contributed by atoms with van der Waals surface area (Å²) in [5.41, 5.74) is 1.50. The van der Waals surface area contributed by atoms with E-state index in [1.165, 1.54) is 19.3 Å². The Labute approximate surface area is 115 Å². The second kappa shape index (κ2) is 8.00. The van der Waals surface area contributed by atoms with Gasteiger partial charge in [0.1, 0.15) is 6.07 Å². The first-order valence-corrected chi connectivity index (χ1v) is 7.02. The highest BCUT2D eigenvalue weighted by Crippen LogP contribution is 2.21. The molecule has 2 nitrogen and oxygen atoms in total. The molecular weight excluding hydrogens is 244 g/mol. The summed E-state index contributed by atoms with van der Waals surface area (Å²) in [6.07, 6.45) is 4.90. The van der Waals surface area contributed by atoms with Gasteiger partial charge >= 0.3 is 0 Å². The van der Waals surface area contributed by atoms with E-state index >= 15 is 0 Å². The quantitative estimate of drug-likeness (QED) is 0.765. The van der Waals surface area contributed by atoms with Crippen LogP contribution in [0, 0.1) is 17.2 Å². The molecule has 1 aromatic carbocycles. The average molecular weight is 265 g/mol. The lowest BCUT2D eigenvalue weighted by Gasteiger charge is -2.17. The fourth-order valence-corrected chi connectivity index (χ4v) is 2.13. The zero-order chi connectivity index (χ0) is 13.4. The second-order valence-electron chi connectivity index (χ2n) is 4.60. The van der Waals surface area contributed by atoms with E-state index < -0.39 is 0 Å². The topological polar surface area (TPSA) is 35.8 Å². The first-order valence-electron chi connectivity index (χ1n) is 6.64. The summed E-state index contributed by atoms with van der Waals surface area (Å²) in [6.45, 7) is 5.33. The van der Waals surface area contributed by atoms with Crippen LogP contribution in [0.4, 0.5) is 5.69 Å². The minimum Gasteiger partial charge on any atom is -0.384 e. The van der Waals surface area contributed by atoms with E-state index in [4.69, 9.17) is 16.9 Å². The zero-order valence-corrected chi connectivity index (χ0v) is 11.9. The van der Waals surface area contributed by atoms with E-state index in [0.717, 1.165) is 18.7 Å². The number of unbranched alkanes of at least 4 members (excludes halogenated alkanes) is 1. The molecule has 1 atom stereocenters. The van der Waals surface area contributed by atoms with E-state index in [1.54, 1.807) is 12.1 Å². The highest BCUT2D eigenvalue weighted by atomic mass is 35.5. The molecule has 0 fully saturated rings. The Morgan fingerprint density at radius 2 is 2.17 bits per heavy atom. The molecule has 1 unspecified atom stereocenters. The predicted molar refractivity (Wildman–Crippen MR) is 78.0 cm³/mol. The lowest BCUT2D eigenvalue weighted by molar-refractivity contribution is 0.473. The van der Waals surface area contributed by atoms with Gasteiger partial charge in [0.05, 0.1) is 11.3 Å². The van der Waals surface area contributed by atoms with Crippen molar-refractivity contribution >= 4 is 17.3 Å². The van der Waals surface area contributed by atoms with Crippen LogP contribution in [0.1, 0.15) is 45.1 Å². The molecule has 0 spiro atoms. The molecule has 18 heavy (non-hydrogen) atoms. The van der Waals surface area contributed by atoms with Crippen LogP contribution in [-0.2, 0) is 0 Å². The molecule has 0 aliphatic rings. The van der Waals surface area contributed by atoms with Crippen LogP contribution in [-0.4, -0.2) is 6.54 Å². The van der Waals surface area contributed by atoms with Crippen LogP contribution in [0.2, 0.25) is 5.02 Å². The van der Waals surface area contributed by atoms with Crippen molar-refractivity contribution in [1.29, 1.82) is 5.26 Å². The lowest BCUT2D eigenvalue weighted by atomic mass is 9.99. The van der Waals surface area contributed by atoms with Gasteiger partial charge in [0.2, 0.25) is 0 Å². The number of hydrogen-bond acceptors (Lipinski definition) is 2. The molecule has 0 radical (unpaired) electrons. The van der Waals surface area contributed by atoms with Gasteiger partial charge in [-0.3, -0.25) is 0 Å². The van der Waals surface area contributed by atoms with Gasteiger partial charge < -0.3 is 5.32 Å². The molecule has 1 aromatic rings. The van der Waals surface area contributed by atoms with Crippen molar-refractivity contribution in [3.63, 3.8) is 0 Å². The smallest absolute Gasteiger partial charge is 0.101 e. The Morgan fingerprint density at radius 3 is 2.78 bits per heavy atom. The summed E-state index contributed by atoms with van der Waals surface area (Å²) in [7, 11) is 0. The molecule has 3 heteroatoms. The number of anilines is 1. The van der Waals surface area contributed by atoms with E-state index in [9.17, 15) is 0 Å². The first kappa shape index (κ1) is 14.9. The number of nitriles is 1. The van der Waals surface area contributed by atoms with Gasteiger partial charge in [-0.1, -0.05) is 44.7 Å². The number of nitrogens with one attached hydrogen (secondary N) is 1. The predicted octanol–water partition coefficient (Wildman–Crippen LogP) is 4.84. The van der Waals surface area contributed by atoms with Crippen LogP contribution in [0.15, 0.2) is 18.2 Å². The molecule has 1 rings (SSSR count). The highest BCUT2D eigenvalue weighted by molar-refractivity contribution is 6.30. The van der Waals surface area contributed by atoms with Gasteiger partial charge in [0.15, 0.2) is 0 Å². The molecule has 0 saturated carbocycles. The summed E-state index contributed by atoms with van der Waals surface area (Å²) >= 11 is 5.96.